The minimum atomic E-state index is 0.496. The fourth-order valence-electron chi connectivity index (χ4n) is 1.41. The molecule has 1 aromatic heterocycles. The Hall–Kier alpha value is -1.72. The van der Waals surface area contributed by atoms with Crippen molar-refractivity contribution < 1.29 is 0 Å². The fourth-order valence-corrected chi connectivity index (χ4v) is 1.78. The van der Waals surface area contributed by atoms with E-state index in [0.29, 0.717) is 16.7 Å². The van der Waals surface area contributed by atoms with Crippen LogP contribution in [0.15, 0.2) is 36.7 Å². The van der Waals surface area contributed by atoms with Crippen molar-refractivity contribution in [2.45, 2.75) is 13.5 Å². The SMILES string of the molecule is Cc1cnc(CNC(=S)Nc2ccccc2Cl)cn1. The molecule has 19 heavy (non-hydrogen) atoms. The van der Waals surface area contributed by atoms with Crippen molar-refractivity contribution in [1.82, 2.24) is 15.3 Å². The minimum Gasteiger partial charge on any atom is -0.357 e. The number of nitrogens with one attached hydrogen (secondary N) is 2. The van der Waals surface area contributed by atoms with E-state index < -0.39 is 0 Å². The lowest BCUT2D eigenvalue weighted by Gasteiger charge is -2.11. The predicted octanol–water partition coefficient (Wildman–Crippen LogP) is 2.93. The molecule has 0 amide bonds. The Morgan fingerprint density at radius 1 is 1.26 bits per heavy atom. The Morgan fingerprint density at radius 3 is 2.74 bits per heavy atom. The van der Waals surface area contributed by atoms with Gasteiger partial charge in [0.25, 0.3) is 0 Å². The monoisotopic (exact) mass is 292 g/mol. The van der Waals surface area contributed by atoms with Crippen LogP contribution in [0.25, 0.3) is 0 Å². The number of rotatable bonds is 3. The zero-order chi connectivity index (χ0) is 13.7. The van der Waals surface area contributed by atoms with E-state index in [1.807, 2.05) is 25.1 Å². The molecule has 0 saturated heterocycles. The molecule has 0 spiro atoms. The summed E-state index contributed by atoms with van der Waals surface area (Å²) in [7, 11) is 0. The van der Waals surface area contributed by atoms with Gasteiger partial charge in [0.1, 0.15) is 0 Å². The average Bonchev–Trinajstić information content (AvgIpc) is 2.41. The molecule has 0 saturated carbocycles. The smallest absolute Gasteiger partial charge is 0.171 e. The lowest BCUT2D eigenvalue weighted by molar-refractivity contribution is 0.862. The molecule has 1 aromatic carbocycles. The number of hydrogen-bond acceptors (Lipinski definition) is 3. The van der Waals surface area contributed by atoms with Gasteiger partial charge in [0.05, 0.1) is 34.8 Å². The number of anilines is 1. The van der Waals surface area contributed by atoms with Crippen molar-refractivity contribution in [3.63, 3.8) is 0 Å². The largest absolute Gasteiger partial charge is 0.357 e. The molecule has 1 heterocycles. The van der Waals surface area contributed by atoms with Crippen LogP contribution in [-0.4, -0.2) is 15.1 Å². The summed E-state index contributed by atoms with van der Waals surface area (Å²) < 4.78 is 0. The maximum absolute atomic E-state index is 6.03. The standard InChI is InChI=1S/C13H13ClN4S/c1-9-6-16-10(7-15-9)8-17-13(19)18-12-5-3-2-4-11(12)14/h2-7H,8H2,1H3,(H2,17,18,19). The van der Waals surface area contributed by atoms with E-state index in [4.69, 9.17) is 23.8 Å². The number of halogens is 1. The maximum atomic E-state index is 6.03. The molecule has 6 heteroatoms. The zero-order valence-corrected chi connectivity index (χ0v) is 11.9. The first-order valence-corrected chi connectivity index (χ1v) is 6.50. The second kappa shape index (κ2) is 6.45. The predicted molar refractivity (Wildman–Crippen MR) is 81.3 cm³/mol. The van der Waals surface area contributed by atoms with Crippen LogP contribution < -0.4 is 10.6 Å². The molecule has 2 N–H and O–H groups in total. The number of benzene rings is 1. The van der Waals surface area contributed by atoms with Gasteiger partial charge in [-0.1, -0.05) is 23.7 Å². The van der Waals surface area contributed by atoms with Gasteiger partial charge in [-0.15, -0.1) is 0 Å². The summed E-state index contributed by atoms with van der Waals surface area (Å²) in [5, 5.41) is 7.21. The van der Waals surface area contributed by atoms with Crippen molar-refractivity contribution in [1.29, 1.82) is 0 Å². The number of aryl methyl sites for hydroxylation is 1. The number of thiocarbonyl (C=S) groups is 1. The van der Waals surface area contributed by atoms with Gasteiger partial charge in [0.2, 0.25) is 0 Å². The van der Waals surface area contributed by atoms with Crippen LogP contribution in [0.2, 0.25) is 5.02 Å². The van der Waals surface area contributed by atoms with Gasteiger partial charge in [-0.05, 0) is 31.3 Å². The van der Waals surface area contributed by atoms with Gasteiger partial charge in [0, 0.05) is 6.20 Å². The van der Waals surface area contributed by atoms with Crippen molar-refractivity contribution in [2.24, 2.45) is 0 Å². The molecular formula is C13H13ClN4S. The highest BCUT2D eigenvalue weighted by Crippen LogP contribution is 2.20. The molecule has 4 nitrogen and oxygen atoms in total. The van der Waals surface area contributed by atoms with E-state index in [1.165, 1.54) is 0 Å². The molecular weight excluding hydrogens is 280 g/mol. The Labute approximate surface area is 122 Å². The van der Waals surface area contributed by atoms with Crippen LogP contribution in [0, 0.1) is 6.92 Å². The van der Waals surface area contributed by atoms with Gasteiger partial charge >= 0.3 is 0 Å². The van der Waals surface area contributed by atoms with Gasteiger partial charge in [0.15, 0.2) is 5.11 Å². The number of para-hydroxylation sites is 1. The first-order chi connectivity index (χ1) is 9.15. The second-order valence-electron chi connectivity index (χ2n) is 3.94. The third-order valence-electron chi connectivity index (χ3n) is 2.39. The lowest BCUT2D eigenvalue weighted by Crippen LogP contribution is -2.28. The molecule has 0 fully saturated rings. The van der Waals surface area contributed by atoms with Crippen LogP contribution in [0.5, 0.6) is 0 Å². The summed E-state index contributed by atoms with van der Waals surface area (Å²) in [6.45, 7) is 2.41. The first-order valence-electron chi connectivity index (χ1n) is 5.72. The van der Waals surface area contributed by atoms with Crippen LogP contribution in [0.3, 0.4) is 0 Å². The Bertz CT molecular complexity index is 571. The maximum Gasteiger partial charge on any atom is 0.171 e. The molecule has 2 rings (SSSR count). The van der Waals surface area contributed by atoms with Crippen LogP contribution in [0.1, 0.15) is 11.4 Å². The fraction of sp³-hybridized carbons (Fsp3) is 0.154. The highest BCUT2D eigenvalue weighted by molar-refractivity contribution is 7.80. The molecule has 98 valence electrons. The Kier molecular flexibility index (Phi) is 4.65. The van der Waals surface area contributed by atoms with E-state index in [-0.39, 0.29) is 0 Å². The van der Waals surface area contributed by atoms with Crippen LogP contribution in [0.4, 0.5) is 5.69 Å². The number of aromatic nitrogens is 2. The summed E-state index contributed by atoms with van der Waals surface area (Å²) in [5.74, 6) is 0. The van der Waals surface area contributed by atoms with E-state index >= 15 is 0 Å². The molecule has 0 radical (unpaired) electrons. The summed E-state index contributed by atoms with van der Waals surface area (Å²) in [6.07, 6.45) is 3.45. The van der Waals surface area contributed by atoms with Crippen molar-refractivity contribution >= 4 is 34.6 Å². The highest BCUT2D eigenvalue weighted by Gasteiger charge is 2.02. The number of hydrogen-bond donors (Lipinski definition) is 2. The first kappa shape index (κ1) is 13.7. The van der Waals surface area contributed by atoms with Gasteiger partial charge in [-0.3, -0.25) is 9.97 Å². The molecule has 0 aliphatic carbocycles. The third-order valence-corrected chi connectivity index (χ3v) is 2.96. The summed E-state index contributed by atoms with van der Waals surface area (Å²) >= 11 is 11.2. The minimum absolute atomic E-state index is 0.496. The zero-order valence-electron chi connectivity index (χ0n) is 10.4. The second-order valence-corrected chi connectivity index (χ2v) is 4.75. The number of nitrogens with zero attached hydrogens (tertiary/aromatic N) is 2. The van der Waals surface area contributed by atoms with Gasteiger partial charge in [-0.2, -0.15) is 0 Å². The lowest BCUT2D eigenvalue weighted by atomic mass is 10.3. The topological polar surface area (TPSA) is 49.8 Å². The molecule has 0 bridgehead atoms. The molecule has 2 aromatic rings. The van der Waals surface area contributed by atoms with Crippen molar-refractivity contribution in [3.8, 4) is 0 Å². The quantitative estimate of drug-likeness (QED) is 0.852. The summed E-state index contributed by atoms with van der Waals surface area (Å²) in [6, 6.07) is 7.42. The summed E-state index contributed by atoms with van der Waals surface area (Å²) in [5.41, 5.74) is 2.49. The molecule has 0 atom stereocenters. The highest BCUT2D eigenvalue weighted by atomic mass is 35.5. The van der Waals surface area contributed by atoms with Crippen molar-refractivity contribution in [2.75, 3.05) is 5.32 Å². The molecule has 0 unspecified atom stereocenters. The third kappa shape index (κ3) is 4.15. The molecule has 0 aliphatic rings. The van der Waals surface area contributed by atoms with Gasteiger partial charge < -0.3 is 10.6 Å². The summed E-state index contributed by atoms with van der Waals surface area (Å²) in [4.78, 5) is 8.40. The van der Waals surface area contributed by atoms with Gasteiger partial charge in [-0.25, -0.2) is 0 Å². The van der Waals surface area contributed by atoms with Crippen LogP contribution >= 0.6 is 23.8 Å². The van der Waals surface area contributed by atoms with E-state index in [9.17, 15) is 0 Å². The van der Waals surface area contributed by atoms with Crippen LogP contribution in [-0.2, 0) is 6.54 Å². The average molecular weight is 293 g/mol. The molecule has 0 aliphatic heterocycles. The van der Waals surface area contributed by atoms with Crippen molar-refractivity contribution in [3.05, 3.63) is 53.1 Å². The van der Waals surface area contributed by atoms with E-state index in [1.54, 1.807) is 18.5 Å². The Balaban J connectivity index is 1.88. The Morgan fingerprint density at radius 2 is 2.05 bits per heavy atom. The van der Waals surface area contributed by atoms with E-state index in [0.717, 1.165) is 17.1 Å². The normalized spacial score (nSPS) is 10.0. The van der Waals surface area contributed by atoms with E-state index in [2.05, 4.69) is 20.6 Å².